The Balaban J connectivity index is 0.00000102. The van der Waals surface area contributed by atoms with E-state index >= 15 is 0 Å². The molecule has 1 atom stereocenters. The fourth-order valence-corrected chi connectivity index (χ4v) is 4.95. The molecule has 0 saturated carbocycles. The predicted octanol–water partition coefficient (Wildman–Crippen LogP) is 4.91. The third-order valence-electron chi connectivity index (χ3n) is 5.54. The van der Waals surface area contributed by atoms with E-state index in [9.17, 15) is 4.79 Å². The Morgan fingerprint density at radius 1 is 1.08 bits per heavy atom. The number of carbonyl (C=O) groups excluding carboxylic acids is 1. The maximum absolute atomic E-state index is 11.3. The number of aliphatic imine (C=N–C) groups is 1. The second kappa shape index (κ2) is 12.4. The minimum Gasteiger partial charge on any atom is -0.487 e. The molecule has 3 N–H and O–H groups in total. The molecule has 0 bridgehead atoms. The highest BCUT2D eigenvalue weighted by molar-refractivity contribution is 8.15. The quantitative estimate of drug-likeness (QED) is 0.330. The van der Waals surface area contributed by atoms with Crippen LogP contribution in [0.5, 0.6) is 17.2 Å². The molecule has 3 aromatic carbocycles. The standard InChI is InChI=1S/C27H25N3O3S.O2S/c1-17-7-9-20(10-8-17)33-21-11-19-12-23(27-29-15-22(34-27)14-25(28)31)30-26(19)24(13-21)32-16-18-5-3-2-4-6-18;1-3-2/h2-13,22,30H,14-16H2,1H3,(H2,28,31);. The number of benzene rings is 3. The largest absolute Gasteiger partial charge is 0.487 e. The van der Waals surface area contributed by atoms with E-state index in [1.165, 1.54) is 5.56 Å². The van der Waals surface area contributed by atoms with E-state index in [4.69, 9.17) is 23.6 Å². The molecule has 1 aliphatic rings. The Kier molecular flexibility index (Phi) is 8.76. The fourth-order valence-electron chi connectivity index (χ4n) is 3.85. The number of aromatic nitrogens is 1. The van der Waals surface area contributed by atoms with Crippen LogP contribution < -0.4 is 15.2 Å². The third kappa shape index (κ3) is 7.08. The smallest absolute Gasteiger partial charge is 0.335 e. The molecule has 4 aromatic rings. The highest BCUT2D eigenvalue weighted by atomic mass is 32.2. The van der Waals surface area contributed by atoms with Crippen LogP contribution in [-0.4, -0.2) is 36.1 Å². The van der Waals surface area contributed by atoms with Gasteiger partial charge in [-0.3, -0.25) is 9.79 Å². The summed E-state index contributed by atoms with van der Waals surface area (Å²) in [4.78, 5) is 19.4. The molecule has 1 aromatic heterocycles. The summed E-state index contributed by atoms with van der Waals surface area (Å²) in [6.07, 6.45) is 0.317. The van der Waals surface area contributed by atoms with Gasteiger partial charge in [-0.05, 0) is 36.8 Å². The van der Waals surface area contributed by atoms with Crippen molar-refractivity contribution in [1.29, 1.82) is 0 Å². The number of ether oxygens (including phenoxy) is 2. The van der Waals surface area contributed by atoms with E-state index < -0.39 is 11.6 Å². The first-order valence-electron chi connectivity index (χ1n) is 11.4. The van der Waals surface area contributed by atoms with Crippen molar-refractivity contribution in [2.24, 2.45) is 10.7 Å². The van der Waals surface area contributed by atoms with Gasteiger partial charge in [0.2, 0.25) is 5.91 Å². The number of aromatic amines is 1. The van der Waals surface area contributed by atoms with Crippen molar-refractivity contribution in [2.75, 3.05) is 6.54 Å². The lowest BCUT2D eigenvalue weighted by molar-refractivity contribution is -0.117. The summed E-state index contributed by atoms with van der Waals surface area (Å²) in [6.45, 7) is 3.07. The van der Waals surface area contributed by atoms with Crippen molar-refractivity contribution >= 4 is 45.2 Å². The Labute approximate surface area is 221 Å². The molecular formula is C27H25N3O5S2. The average Bonchev–Trinajstić information content (AvgIpc) is 3.52. The number of thioether (sulfide) groups is 1. The number of aryl methyl sites for hydroxylation is 1. The molecule has 8 nitrogen and oxygen atoms in total. The van der Waals surface area contributed by atoms with E-state index in [0.29, 0.717) is 31.1 Å². The van der Waals surface area contributed by atoms with Crippen LogP contribution in [0, 0.1) is 6.92 Å². The monoisotopic (exact) mass is 535 g/mol. The molecule has 0 saturated heterocycles. The molecule has 0 fully saturated rings. The van der Waals surface area contributed by atoms with Crippen LogP contribution in [0.1, 0.15) is 23.2 Å². The number of H-pyrrole nitrogens is 1. The second-order valence-corrected chi connectivity index (χ2v) is 9.81. The van der Waals surface area contributed by atoms with Gasteiger partial charge in [0, 0.05) is 23.1 Å². The number of hydrogen-bond acceptors (Lipinski definition) is 7. The molecule has 1 amide bonds. The topological polar surface area (TPSA) is 124 Å². The third-order valence-corrected chi connectivity index (χ3v) is 6.76. The Hall–Kier alpha value is -3.89. The maximum atomic E-state index is 11.3. The predicted molar refractivity (Wildman–Crippen MR) is 146 cm³/mol. The highest BCUT2D eigenvalue weighted by Gasteiger charge is 2.24. The number of nitrogens with one attached hydrogen (secondary N) is 1. The lowest BCUT2D eigenvalue weighted by Crippen LogP contribution is -2.18. The van der Waals surface area contributed by atoms with E-state index in [1.807, 2.05) is 79.7 Å². The van der Waals surface area contributed by atoms with Gasteiger partial charge >= 0.3 is 11.6 Å². The first-order chi connectivity index (χ1) is 17.9. The zero-order valence-electron chi connectivity index (χ0n) is 20.0. The molecule has 37 heavy (non-hydrogen) atoms. The van der Waals surface area contributed by atoms with Gasteiger partial charge in [0.25, 0.3) is 0 Å². The lowest BCUT2D eigenvalue weighted by atomic mass is 10.2. The molecule has 10 heteroatoms. The SMILES string of the molecule is Cc1ccc(Oc2cc(OCc3ccccc3)c3[nH]c(C4=NCC(CC(N)=O)S4)cc3c2)cc1.O=S=O. The first-order valence-corrected chi connectivity index (χ1v) is 13.0. The maximum Gasteiger partial charge on any atom is 0.335 e. The number of hydrogen-bond donors (Lipinski definition) is 2. The summed E-state index contributed by atoms with van der Waals surface area (Å²) >= 11 is 0.827. The number of primary amides is 1. The van der Waals surface area contributed by atoms with Gasteiger partial charge in [0.15, 0.2) is 0 Å². The van der Waals surface area contributed by atoms with Crippen LogP contribution in [0.15, 0.2) is 77.8 Å². The number of carbonyl (C=O) groups is 1. The summed E-state index contributed by atoms with van der Waals surface area (Å²) in [7, 11) is 0. The van der Waals surface area contributed by atoms with Gasteiger partial charge in [-0.15, -0.1) is 0 Å². The first kappa shape index (κ1) is 26.2. The minimum absolute atomic E-state index is 0.0770. The van der Waals surface area contributed by atoms with Crippen molar-refractivity contribution in [1.82, 2.24) is 4.98 Å². The lowest BCUT2D eigenvalue weighted by Gasteiger charge is -2.11. The Morgan fingerprint density at radius 3 is 2.51 bits per heavy atom. The van der Waals surface area contributed by atoms with Gasteiger partial charge in [0.05, 0.1) is 17.8 Å². The molecular weight excluding hydrogens is 510 g/mol. The van der Waals surface area contributed by atoms with Gasteiger partial charge in [0.1, 0.15) is 28.9 Å². The van der Waals surface area contributed by atoms with Gasteiger partial charge in [-0.1, -0.05) is 59.8 Å². The van der Waals surface area contributed by atoms with Crippen molar-refractivity contribution in [3.05, 3.63) is 89.6 Å². The normalized spacial score (nSPS) is 14.4. The Morgan fingerprint density at radius 2 is 1.81 bits per heavy atom. The van der Waals surface area contributed by atoms with Gasteiger partial charge in [-0.2, -0.15) is 8.42 Å². The summed E-state index contributed by atoms with van der Waals surface area (Å²) in [5, 5.41) is 1.91. The van der Waals surface area contributed by atoms with E-state index in [2.05, 4.69) is 9.98 Å². The van der Waals surface area contributed by atoms with Crippen LogP contribution >= 0.6 is 11.8 Å². The Bertz CT molecular complexity index is 1450. The number of rotatable bonds is 8. The molecule has 2 heterocycles. The van der Waals surface area contributed by atoms with Crippen molar-refractivity contribution < 1.29 is 22.7 Å². The van der Waals surface area contributed by atoms with Crippen LogP contribution in [0.2, 0.25) is 0 Å². The second-order valence-electron chi connectivity index (χ2n) is 8.38. The summed E-state index contributed by atoms with van der Waals surface area (Å²) < 4.78 is 29.0. The zero-order valence-corrected chi connectivity index (χ0v) is 21.6. The van der Waals surface area contributed by atoms with Gasteiger partial charge < -0.3 is 20.2 Å². The molecule has 190 valence electrons. The fraction of sp³-hybridized carbons (Fsp3) is 0.185. The van der Waals surface area contributed by atoms with Crippen LogP contribution in [-0.2, 0) is 23.0 Å². The number of fused-ring (bicyclic) bond motifs is 1. The summed E-state index contributed by atoms with van der Waals surface area (Å²) in [6, 6.07) is 23.9. The van der Waals surface area contributed by atoms with Crippen molar-refractivity contribution in [3.8, 4) is 17.2 Å². The minimum atomic E-state index is -0.750. The molecule has 0 aliphatic carbocycles. The van der Waals surface area contributed by atoms with Crippen LogP contribution in [0.4, 0.5) is 0 Å². The van der Waals surface area contributed by atoms with E-state index in [-0.39, 0.29) is 11.2 Å². The van der Waals surface area contributed by atoms with Crippen LogP contribution in [0.25, 0.3) is 10.9 Å². The van der Waals surface area contributed by atoms with E-state index in [0.717, 1.165) is 33.0 Å². The van der Waals surface area contributed by atoms with Crippen molar-refractivity contribution in [3.63, 3.8) is 0 Å². The number of amides is 1. The number of nitrogens with zero attached hydrogens (tertiary/aromatic N) is 1. The average molecular weight is 536 g/mol. The van der Waals surface area contributed by atoms with E-state index in [1.54, 1.807) is 11.8 Å². The summed E-state index contributed by atoms with van der Waals surface area (Å²) in [5.41, 5.74) is 9.39. The molecule has 1 unspecified atom stereocenters. The van der Waals surface area contributed by atoms with Crippen LogP contribution in [0.3, 0.4) is 0 Å². The summed E-state index contributed by atoms with van der Waals surface area (Å²) in [5.74, 6) is 1.85. The molecule has 5 rings (SSSR count). The zero-order chi connectivity index (χ0) is 26.2. The highest BCUT2D eigenvalue weighted by Crippen LogP contribution is 2.36. The van der Waals surface area contributed by atoms with Crippen molar-refractivity contribution in [2.45, 2.75) is 25.2 Å². The molecule has 0 radical (unpaired) electrons. The molecule has 1 aliphatic heterocycles. The number of nitrogens with two attached hydrogens (primary N) is 1. The van der Waals surface area contributed by atoms with Gasteiger partial charge in [-0.25, -0.2) is 0 Å². The molecule has 0 spiro atoms.